The van der Waals surface area contributed by atoms with Gasteiger partial charge < -0.3 is 10.6 Å². The summed E-state index contributed by atoms with van der Waals surface area (Å²) in [4.78, 5) is 51.9. The van der Waals surface area contributed by atoms with Crippen LogP contribution in [-0.2, 0) is 21.7 Å². The molecule has 1 aliphatic rings. The van der Waals surface area contributed by atoms with E-state index in [0.717, 1.165) is 4.90 Å². The first-order valence-electron chi connectivity index (χ1n) is 7.82. The normalized spacial score (nSPS) is 19.1. The number of nitrogens with zero attached hydrogens (tertiary/aromatic N) is 3. The van der Waals surface area contributed by atoms with E-state index < -0.39 is 22.4 Å². The van der Waals surface area contributed by atoms with E-state index in [1.165, 1.54) is 43.4 Å². The minimum absolute atomic E-state index is 0.0781. The number of benzene rings is 1. The predicted molar refractivity (Wildman–Crippen MR) is 95.9 cm³/mol. The number of imide groups is 1. The number of hydrogen-bond donors (Lipinski definition) is 2. The minimum atomic E-state index is -1.42. The van der Waals surface area contributed by atoms with Crippen molar-refractivity contribution in [2.45, 2.75) is 25.9 Å². The van der Waals surface area contributed by atoms with Gasteiger partial charge in [0.15, 0.2) is 5.13 Å². The first-order valence-corrected chi connectivity index (χ1v) is 8.69. The minimum Gasteiger partial charge on any atom is -0.319 e. The van der Waals surface area contributed by atoms with Crippen molar-refractivity contribution in [3.8, 4) is 0 Å². The average Bonchev–Trinajstić information content (AvgIpc) is 3.13. The summed E-state index contributed by atoms with van der Waals surface area (Å²) in [6.45, 7) is 2.77. The highest BCUT2D eigenvalue weighted by Crippen LogP contribution is 2.32. The molecule has 0 spiro atoms. The fraction of sp³-hybridized carbons (Fsp3) is 0.250. The van der Waals surface area contributed by atoms with E-state index in [4.69, 9.17) is 0 Å². The van der Waals surface area contributed by atoms with E-state index in [-0.39, 0.29) is 18.1 Å². The number of anilines is 1. The second-order valence-corrected chi connectivity index (χ2v) is 6.94. The lowest BCUT2D eigenvalue weighted by atomic mass is 9.91. The first-order chi connectivity index (χ1) is 12.7. The Kier molecular flexibility index (Phi) is 4.62. The molecule has 10 nitrogen and oxygen atoms in total. The smallest absolute Gasteiger partial charge is 0.319 e. The summed E-state index contributed by atoms with van der Waals surface area (Å²) in [6, 6.07) is 4.96. The molecule has 140 valence electrons. The van der Waals surface area contributed by atoms with Gasteiger partial charge in [-0.2, -0.15) is 0 Å². The molecule has 1 unspecified atom stereocenters. The average molecular weight is 389 g/mol. The number of rotatable bonds is 5. The predicted octanol–water partition coefficient (Wildman–Crippen LogP) is 1.98. The largest absolute Gasteiger partial charge is 0.325 e. The lowest BCUT2D eigenvalue weighted by Gasteiger charge is -2.21. The highest BCUT2D eigenvalue weighted by molar-refractivity contribution is 7.13. The summed E-state index contributed by atoms with van der Waals surface area (Å²) in [5, 5.41) is 18.1. The lowest BCUT2D eigenvalue weighted by Crippen LogP contribution is -2.40. The zero-order valence-corrected chi connectivity index (χ0v) is 15.2. The maximum Gasteiger partial charge on any atom is 0.325 e. The SMILES string of the molecule is CC(=O)Nc1nc(CN2C(=O)NC(C)(c3cccc([N+](=O)[O-])c3)C2=O)cs1. The summed E-state index contributed by atoms with van der Waals surface area (Å²) in [7, 11) is 0. The number of nitro benzene ring substituents is 1. The zero-order valence-electron chi connectivity index (χ0n) is 14.4. The van der Waals surface area contributed by atoms with Crippen molar-refractivity contribution in [1.82, 2.24) is 15.2 Å². The fourth-order valence-electron chi connectivity index (χ4n) is 2.72. The van der Waals surface area contributed by atoms with Crippen molar-refractivity contribution >= 4 is 40.0 Å². The molecular weight excluding hydrogens is 374 g/mol. The van der Waals surface area contributed by atoms with Crippen LogP contribution >= 0.6 is 11.3 Å². The molecule has 4 amide bonds. The molecule has 0 aliphatic carbocycles. The Balaban J connectivity index is 1.84. The first kappa shape index (κ1) is 18.5. The molecule has 1 atom stereocenters. The van der Waals surface area contributed by atoms with Crippen LogP contribution in [0, 0.1) is 10.1 Å². The summed E-state index contributed by atoms with van der Waals surface area (Å²) in [5.41, 5.74) is -0.835. The van der Waals surface area contributed by atoms with Gasteiger partial charge in [0.1, 0.15) is 5.54 Å². The van der Waals surface area contributed by atoms with Gasteiger partial charge in [-0.1, -0.05) is 12.1 Å². The van der Waals surface area contributed by atoms with Crippen LogP contribution in [0.1, 0.15) is 25.1 Å². The van der Waals surface area contributed by atoms with Crippen LogP contribution in [0.3, 0.4) is 0 Å². The molecule has 2 N–H and O–H groups in total. The molecule has 11 heteroatoms. The van der Waals surface area contributed by atoms with Crippen LogP contribution in [0.4, 0.5) is 15.6 Å². The summed E-state index contributed by atoms with van der Waals surface area (Å²) in [5.74, 6) is -0.814. The van der Waals surface area contributed by atoms with Gasteiger partial charge in [0.05, 0.1) is 17.2 Å². The standard InChI is InChI=1S/C16H15N5O5S/c1-9(22)17-14-18-11(8-27-14)7-20-13(23)16(2,19-15(20)24)10-4-3-5-12(6-10)21(25)26/h3-6,8H,7H2,1-2H3,(H,19,24)(H,17,18,22). The highest BCUT2D eigenvalue weighted by Gasteiger charge is 2.49. The van der Waals surface area contributed by atoms with Gasteiger partial charge in [0.25, 0.3) is 11.6 Å². The third-order valence-electron chi connectivity index (χ3n) is 4.06. The van der Waals surface area contributed by atoms with Crippen molar-refractivity contribution in [2.75, 3.05) is 5.32 Å². The number of non-ortho nitro benzene ring substituents is 1. The van der Waals surface area contributed by atoms with Gasteiger partial charge in [-0.15, -0.1) is 11.3 Å². The topological polar surface area (TPSA) is 135 Å². The molecular formula is C16H15N5O5S. The van der Waals surface area contributed by atoms with Crippen LogP contribution in [0.25, 0.3) is 0 Å². The summed E-state index contributed by atoms with van der Waals surface area (Å²) < 4.78 is 0. The van der Waals surface area contributed by atoms with E-state index in [9.17, 15) is 24.5 Å². The second kappa shape index (κ2) is 6.76. The van der Waals surface area contributed by atoms with Gasteiger partial charge in [0.2, 0.25) is 5.91 Å². The van der Waals surface area contributed by atoms with Gasteiger partial charge in [0, 0.05) is 24.4 Å². The number of hydrogen-bond acceptors (Lipinski definition) is 7. The van der Waals surface area contributed by atoms with Crippen LogP contribution in [0.5, 0.6) is 0 Å². The molecule has 2 aromatic rings. The van der Waals surface area contributed by atoms with Crippen LogP contribution in [0.2, 0.25) is 0 Å². The number of carbonyl (C=O) groups is 3. The Morgan fingerprint density at radius 1 is 1.44 bits per heavy atom. The summed E-state index contributed by atoms with van der Waals surface area (Å²) in [6.07, 6.45) is 0. The maximum absolute atomic E-state index is 12.9. The number of amides is 4. The Morgan fingerprint density at radius 2 is 2.19 bits per heavy atom. The van der Waals surface area contributed by atoms with Crippen molar-refractivity contribution in [3.05, 3.63) is 51.0 Å². The zero-order chi connectivity index (χ0) is 19.8. The molecule has 1 aliphatic heterocycles. The molecule has 1 fully saturated rings. The van der Waals surface area contributed by atoms with Crippen LogP contribution in [0.15, 0.2) is 29.6 Å². The third kappa shape index (κ3) is 3.49. The van der Waals surface area contributed by atoms with Gasteiger partial charge in [-0.05, 0) is 12.5 Å². The van der Waals surface area contributed by atoms with Crippen molar-refractivity contribution < 1.29 is 19.3 Å². The van der Waals surface area contributed by atoms with Crippen molar-refractivity contribution in [2.24, 2.45) is 0 Å². The van der Waals surface area contributed by atoms with Crippen LogP contribution in [-0.4, -0.2) is 32.7 Å². The quantitative estimate of drug-likeness (QED) is 0.456. The monoisotopic (exact) mass is 389 g/mol. The number of carbonyl (C=O) groups excluding carboxylic acids is 3. The van der Waals surface area contributed by atoms with Crippen LogP contribution < -0.4 is 10.6 Å². The molecule has 0 saturated carbocycles. The van der Waals surface area contributed by atoms with Crippen molar-refractivity contribution in [3.63, 3.8) is 0 Å². The van der Waals surface area contributed by atoms with E-state index in [1.807, 2.05) is 0 Å². The van der Waals surface area contributed by atoms with E-state index >= 15 is 0 Å². The Labute approximate surface area is 157 Å². The van der Waals surface area contributed by atoms with Gasteiger partial charge in [-0.25, -0.2) is 9.78 Å². The Bertz CT molecular complexity index is 958. The van der Waals surface area contributed by atoms with E-state index in [2.05, 4.69) is 15.6 Å². The van der Waals surface area contributed by atoms with Crippen molar-refractivity contribution in [1.29, 1.82) is 0 Å². The number of urea groups is 1. The molecule has 1 aromatic carbocycles. The molecule has 1 saturated heterocycles. The second-order valence-electron chi connectivity index (χ2n) is 6.08. The Morgan fingerprint density at radius 3 is 2.85 bits per heavy atom. The van der Waals surface area contributed by atoms with E-state index in [0.29, 0.717) is 16.4 Å². The molecule has 1 aromatic heterocycles. The van der Waals surface area contributed by atoms with Gasteiger partial charge in [-0.3, -0.25) is 24.6 Å². The Hall–Kier alpha value is -3.34. The molecule has 3 rings (SSSR count). The highest BCUT2D eigenvalue weighted by atomic mass is 32.1. The number of aromatic nitrogens is 1. The fourth-order valence-corrected chi connectivity index (χ4v) is 3.46. The number of nitrogens with one attached hydrogen (secondary N) is 2. The number of nitro groups is 1. The lowest BCUT2D eigenvalue weighted by molar-refractivity contribution is -0.385. The molecule has 27 heavy (non-hydrogen) atoms. The van der Waals surface area contributed by atoms with E-state index in [1.54, 1.807) is 11.4 Å². The molecule has 0 radical (unpaired) electrons. The number of thiazole rings is 1. The van der Waals surface area contributed by atoms with Gasteiger partial charge >= 0.3 is 6.03 Å². The molecule has 0 bridgehead atoms. The molecule has 2 heterocycles. The summed E-state index contributed by atoms with van der Waals surface area (Å²) >= 11 is 1.18. The third-order valence-corrected chi connectivity index (χ3v) is 4.87. The maximum atomic E-state index is 12.9.